The third-order valence-electron chi connectivity index (χ3n) is 6.13. The molecule has 0 radical (unpaired) electrons. The molecule has 0 saturated carbocycles. The Morgan fingerprint density at radius 2 is 1.91 bits per heavy atom. The highest BCUT2D eigenvalue weighted by Crippen LogP contribution is 2.30. The summed E-state index contributed by atoms with van der Waals surface area (Å²) in [5.74, 6) is 0.0339. The molecular weight excluding hydrogens is 485 g/mol. The zero-order valence-electron chi connectivity index (χ0n) is 20.2. The van der Waals surface area contributed by atoms with Gasteiger partial charge >= 0.3 is 0 Å². The maximum atomic E-state index is 13.9. The van der Waals surface area contributed by atoms with E-state index in [1.165, 1.54) is 22.7 Å². The maximum absolute atomic E-state index is 13.9. The molecule has 0 spiro atoms. The van der Waals surface area contributed by atoms with Crippen LogP contribution in [0, 0.1) is 11.7 Å². The molecule has 35 heavy (non-hydrogen) atoms. The van der Waals surface area contributed by atoms with Gasteiger partial charge in [0.2, 0.25) is 0 Å². The van der Waals surface area contributed by atoms with Gasteiger partial charge < -0.3 is 4.90 Å². The van der Waals surface area contributed by atoms with Crippen molar-refractivity contribution < 1.29 is 17.6 Å². The van der Waals surface area contributed by atoms with Crippen molar-refractivity contribution in [3.8, 4) is 0 Å². The van der Waals surface area contributed by atoms with Crippen LogP contribution in [0.5, 0.6) is 0 Å². The van der Waals surface area contributed by atoms with Crippen molar-refractivity contribution in [2.75, 3.05) is 17.8 Å². The highest BCUT2D eigenvalue weighted by Gasteiger charge is 2.24. The van der Waals surface area contributed by atoms with Gasteiger partial charge in [-0.15, -0.1) is 11.3 Å². The van der Waals surface area contributed by atoms with Crippen LogP contribution in [0.1, 0.15) is 56.8 Å². The highest BCUT2D eigenvalue weighted by atomic mass is 32.2. The summed E-state index contributed by atoms with van der Waals surface area (Å²) in [4.78, 5) is 19.0. The Labute approximate surface area is 209 Å². The Balaban J connectivity index is 1.49. The molecular formula is C26H30FN3O3S2. The number of rotatable bonds is 8. The molecule has 0 unspecified atom stereocenters. The number of hydrogen-bond donors (Lipinski definition) is 1. The number of hydrogen-bond acceptors (Lipinski definition) is 5. The normalized spacial score (nSPS) is 14.7. The lowest BCUT2D eigenvalue weighted by Gasteiger charge is -2.32. The van der Waals surface area contributed by atoms with Crippen LogP contribution in [0.15, 0.2) is 58.0 Å². The molecule has 1 aliphatic heterocycles. The van der Waals surface area contributed by atoms with E-state index in [4.69, 9.17) is 0 Å². The lowest BCUT2D eigenvalue weighted by molar-refractivity contribution is 0.0761. The molecule has 1 N–H and O–H groups in total. The Hall–Kier alpha value is -2.78. The molecule has 0 fully saturated rings. The molecule has 2 aromatic carbocycles. The SMILES string of the molecule is CCCC1=C(CC(C)C)CCN(C(=O)c2ccc(NS(=O)(=O)c3ccc(F)c4scnc34)cc2)C1. The molecule has 3 aromatic rings. The van der Waals surface area contributed by atoms with Gasteiger partial charge in [-0.3, -0.25) is 9.52 Å². The number of amides is 1. The predicted molar refractivity (Wildman–Crippen MR) is 139 cm³/mol. The fraction of sp³-hybridized carbons (Fsp3) is 0.385. The molecule has 6 nitrogen and oxygen atoms in total. The molecule has 1 aromatic heterocycles. The van der Waals surface area contributed by atoms with E-state index in [1.807, 2.05) is 4.90 Å². The average molecular weight is 516 g/mol. The number of carbonyl (C=O) groups is 1. The third kappa shape index (κ3) is 5.56. The van der Waals surface area contributed by atoms with Crippen LogP contribution in [-0.4, -0.2) is 37.3 Å². The minimum atomic E-state index is -3.98. The summed E-state index contributed by atoms with van der Waals surface area (Å²) in [6, 6.07) is 8.76. The Kier molecular flexibility index (Phi) is 7.56. The minimum Gasteiger partial charge on any atom is -0.334 e. The number of anilines is 1. The van der Waals surface area contributed by atoms with Crippen LogP contribution < -0.4 is 4.72 Å². The second-order valence-corrected chi connectivity index (χ2v) is 11.8. The van der Waals surface area contributed by atoms with Gasteiger partial charge in [-0.25, -0.2) is 17.8 Å². The lowest BCUT2D eigenvalue weighted by Crippen LogP contribution is -2.37. The number of benzene rings is 2. The average Bonchev–Trinajstić information content (AvgIpc) is 3.31. The first kappa shape index (κ1) is 25.3. The zero-order chi connectivity index (χ0) is 25.2. The van der Waals surface area contributed by atoms with Crippen LogP contribution in [0.25, 0.3) is 10.2 Å². The minimum absolute atomic E-state index is 0.0562. The van der Waals surface area contributed by atoms with E-state index in [9.17, 15) is 17.6 Å². The van der Waals surface area contributed by atoms with Crippen molar-refractivity contribution >= 4 is 43.2 Å². The zero-order valence-corrected chi connectivity index (χ0v) is 21.8. The van der Waals surface area contributed by atoms with Crippen molar-refractivity contribution in [2.24, 2.45) is 5.92 Å². The van der Waals surface area contributed by atoms with Gasteiger partial charge in [-0.2, -0.15) is 0 Å². The summed E-state index contributed by atoms with van der Waals surface area (Å²) in [5.41, 5.74) is 5.22. The largest absolute Gasteiger partial charge is 0.334 e. The number of nitrogens with zero attached hydrogens (tertiary/aromatic N) is 2. The molecule has 0 saturated heterocycles. The summed E-state index contributed by atoms with van der Waals surface area (Å²) in [6.45, 7) is 7.94. The first-order valence-corrected chi connectivity index (χ1v) is 14.2. The third-order valence-corrected chi connectivity index (χ3v) is 8.38. The number of nitrogens with one attached hydrogen (secondary N) is 1. The number of thiazole rings is 1. The fourth-order valence-corrected chi connectivity index (χ4v) is 6.52. The van der Waals surface area contributed by atoms with Crippen LogP contribution in [0.4, 0.5) is 10.1 Å². The van der Waals surface area contributed by atoms with Crippen LogP contribution in [0.2, 0.25) is 0 Å². The molecule has 0 bridgehead atoms. The Bertz CT molecular complexity index is 1360. The molecule has 0 aliphatic carbocycles. The van der Waals surface area contributed by atoms with E-state index in [2.05, 4.69) is 30.5 Å². The van der Waals surface area contributed by atoms with Crippen LogP contribution >= 0.6 is 11.3 Å². The molecule has 186 valence electrons. The molecule has 0 atom stereocenters. The van der Waals surface area contributed by atoms with Crippen LogP contribution in [-0.2, 0) is 10.0 Å². The monoisotopic (exact) mass is 515 g/mol. The summed E-state index contributed by atoms with van der Waals surface area (Å²) < 4.78 is 42.6. The van der Waals surface area contributed by atoms with E-state index in [0.29, 0.717) is 30.3 Å². The van der Waals surface area contributed by atoms with E-state index >= 15 is 0 Å². The smallest absolute Gasteiger partial charge is 0.264 e. The van der Waals surface area contributed by atoms with Gasteiger partial charge in [-0.1, -0.05) is 38.3 Å². The van der Waals surface area contributed by atoms with Crippen molar-refractivity contribution in [1.82, 2.24) is 9.88 Å². The van der Waals surface area contributed by atoms with Gasteiger partial charge in [0.15, 0.2) is 0 Å². The summed E-state index contributed by atoms with van der Waals surface area (Å²) in [7, 11) is -3.98. The molecule has 2 heterocycles. The Morgan fingerprint density at radius 3 is 2.60 bits per heavy atom. The highest BCUT2D eigenvalue weighted by molar-refractivity contribution is 7.93. The maximum Gasteiger partial charge on any atom is 0.264 e. The van der Waals surface area contributed by atoms with Gasteiger partial charge in [-0.05, 0) is 61.6 Å². The summed E-state index contributed by atoms with van der Waals surface area (Å²) in [5, 5.41) is 0. The molecule has 9 heteroatoms. The van der Waals surface area contributed by atoms with E-state index < -0.39 is 15.8 Å². The van der Waals surface area contributed by atoms with E-state index in [-0.39, 0.29) is 21.0 Å². The number of halogens is 1. The second kappa shape index (κ2) is 10.5. The van der Waals surface area contributed by atoms with Gasteiger partial charge in [0.25, 0.3) is 15.9 Å². The van der Waals surface area contributed by atoms with Crippen molar-refractivity contribution in [2.45, 2.75) is 51.3 Å². The van der Waals surface area contributed by atoms with E-state index in [0.717, 1.165) is 43.1 Å². The van der Waals surface area contributed by atoms with E-state index in [1.54, 1.807) is 24.3 Å². The molecule has 1 amide bonds. The predicted octanol–water partition coefficient (Wildman–Crippen LogP) is 6.22. The van der Waals surface area contributed by atoms with Crippen molar-refractivity contribution in [3.05, 3.63) is 64.4 Å². The number of sulfonamides is 1. The second-order valence-electron chi connectivity index (χ2n) is 9.29. The molecule has 4 rings (SSSR count). The standard InChI is InChI=1S/C26H30FN3O3S2/c1-4-5-20-15-30(13-12-19(20)14-17(2)3)26(31)18-6-8-21(9-7-18)29-35(32,33)23-11-10-22(27)25-24(23)28-16-34-25/h6-11,16-17,29H,4-5,12-15H2,1-3H3. The van der Waals surface area contributed by atoms with Gasteiger partial charge in [0, 0.05) is 24.3 Å². The fourth-order valence-electron chi connectivity index (χ4n) is 4.52. The van der Waals surface area contributed by atoms with Gasteiger partial charge in [0.1, 0.15) is 16.2 Å². The first-order chi connectivity index (χ1) is 16.7. The van der Waals surface area contributed by atoms with Crippen molar-refractivity contribution in [3.63, 3.8) is 0 Å². The number of aromatic nitrogens is 1. The number of fused-ring (bicyclic) bond motifs is 1. The quantitative estimate of drug-likeness (QED) is 0.361. The summed E-state index contributed by atoms with van der Waals surface area (Å²) >= 11 is 1.05. The van der Waals surface area contributed by atoms with Gasteiger partial charge in [0.05, 0.1) is 10.2 Å². The molecule has 1 aliphatic rings. The topological polar surface area (TPSA) is 79.4 Å². The summed E-state index contributed by atoms with van der Waals surface area (Å²) in [6.07, 6.45) is 4.03. The Morgan fingerprint density at radius 1 is 1.17 bits per heavy atom. The van der Waals surface area contributed by atoms with Crippen molar-refractivity contribution in [1.29, 1.82) is 0 Å². The first-order valence-electron chi connectivity index (χ1n) is 11.8. The lowest BCUT2D eigenvalue weighted by atomic mass is 9.90. The number of carbonyl (C=O) groups excluding carboxylic acids is 1. The van der Waals surface area contributed by atoms with Crippen LogP contribution in [0.3, 0.4) is 0 Å².